The molecule has 0 bridgehead atoms. The Morgan fingerprint density at radius 1 is 0.840 bits per heavy atom. The Morgan fingerprint density at radius 3 is 1.72 bits per heavy atom. The standard InChI is InChI=1S/C19H36O4.K.Na.2H/c1-4-7-9-10-11-13-15-19(17(20)21,18(22)23)16(6-3)14-12-8-5-2;;;;/h16H,4-15H2,1-3H3,(H,20,21)(H,22,23);;;;/q;2*+1;2*-1. The van der Waals surface area contributed by atoms with Gasteiger partial charge in [-0.2, -0.15) is 0 Å². The third kappa shape index (κ3) is 11.2. The molecule has 1 atom stereocenters. The first-order valence-corrected chi connectivity index (χ1v) is 9.44. The second kappa shape index (κ2) is 18.9. The van der Waals surface area contributed by atoms with Crippen LogP contribution in [0.15, 0.2) is 0 Å². The summed E-state index contributed by atoms with van der Waals surface area (Å²) in [6.07, 6.45) is 10.7. The molecular weight excluding hydrogens is 354 g/mol. The molecule has 0 saturated heterocycles. The first-order chi connectivity index (χ1) is 11.0. The van der Waals surface area contributed by atoms with Gasteiger partial charge in [0, 0.05) is 0 Å². The number of aliphatic carboxylic acids is 2. The SMILES string of the molecule is CCCCCCCCC(C(=O)O)(C(=O)O)C(CC)CCCCC.[H-].[H-].[K+].[Na+]. The molecule has 0 aliphatic heterocycles. The molecule has 0 aromatic heterocycles. The Morgan fingerprint density at radius 2 is 1.28 bits per heavy atom. The average molecular weight is 393 g/mol. The quantitative estimate of drug-likeness (QED) is 0.229. The van der Waals surface area contributed by atoms with E-state index in [9.17, 15) is 19.8 Å². The molecule has 0 fully saturated rings. The second-order valence-electron chi connectivity index (χ2n) is 6.70. The van der Waals surface area contributed by atoms with Gasteiger partial charge in [0.05, 0.1) is 0 Å². The van der Waals surface area contributed by atoms with Crippen LogP contribution in [0.25, 0.3) is 0 Å². The molecule has 0 saturated carbocycles. The van der Waals surface area contributed by atoms with Crippen LogP contribution in [-0.4, -0.2) is 22.2 Å². The molecule has 0 aliphatic rings. The third-order valence-corrected chi connectivity index (χ3v) is 5.03. The van der Waals surface area contributed by atoms with E-state index in [1.54, 1.807) is 0 Å². The minimum Gasteiger partial charge on any atom is -1.00 e. The van der Waals surface area contributed by atoms with E-state index in [1.165, 1.54) is 12.8 Å². The minimum atomic E-state index is -1.60. The summed E-state index contributed by atoms with van der Waals surface area (Å²) < 4.78 is 0. The first kappa shape index (κ1) is 31.3. The van der Waals surface area contributed by atoms with Crippen molar-refractivity contribution in [3.05, 3.63) is 0 Å². The molecule has 140 valence electrons. The molecule has 2 N–H and O–H groups in total. The van der Waals surface area contributed by atoms with Gasteiger partial charge in [-0.15, -0.1) is 0 Å². The number of carboxylic acid groups (broad SMARTS) is 2. The van der Waals surface area contributed by atoms with Crippen molar-refractivity contribution in [3.63, 3.8) is 0 Å². The zero-order valence-electron chi connectivity index (χ0n) is 19.3. The fourth-order valence-corrected chi connectivity index (χ4v) is 3.48. The number of unbranched alkanes of at least 4 members (excludes halogenated alkanes) is 7. The van der Waals surface area contributed by atoms with Gasteiger partial charge in [0.2, 0.25) is 0 Å². The van der Waals surface area contributed by atoms with Crippen LogP contribution in [0.3, 0.4) is 0 Å². The summed E-state index contributed by atoms with van der Waals surface area (Å²) >= 11 is 0. The van der Waals surface area contributed by atoms with Crippen LogP contribution >= 0.6 is 0 Å². The Hall–Kier alpha value is 1.58. The molecule has 0 aliphatic carbocycles. The Balaban J connectivity index is -0.000000403. The first-order valence-electron chi connectivity index (χ1n) is 9.44. The van der Waals surface area contributed by atoms with Crippen molar-refractivity contribution in [1.82, 2.24) is 0 Å². The molecular formula is C19H38KNaO4. The maximum Gasteiger partial charge on any atom is 1.00 e. The topological polar surface area (TPSA) is 74.6 Å². The Bertz CT molecular complexity index is 347. The van der Waals surface area contributed by atoms with Crippen molar-refractivity contribution in [3.8, 4) is 0 Å². The molecule has 0 aromatic rings. The van der Waals surface area contributed by atoms with E-state index in [-0.39, 0.29) is 96.1 Å². The normalized spacial score (nSPS) is 12.0. The molecule has 4 nitrogen and oxygen atoms in total. The van der Waals surface area contributed by atoms with E-state index >= 15 is 0 Å². The van der Waals surface area contributed by atoms with Crippen LogP contribution in [0.2, 0.25) is 0 Å². The Kier molecular flexibility index (Phi) is 23.7. The number of carboxylic acids is 2. The number of hydrogen-bond acceptors (Lipinski definition) is 2. The van der Waals surface area contributed by atoms with E-state index in [0.717, 1.165) is 38.5 Å². The molecule has 0 rings (SSSR count). The predicted molar refractivity (Wildman–Crippen MR) is 95.8 cm³/mol. The van der Waals surface area contributed by atoms with Gasteiger partial charge in [-0.3, -0.25) is 9.59 Å². The summed E-state index contributed by atoms with van der Waals surface area (Å²) in [6, 6.07) is 0. The largest absolute Gasteiger partial charge is 1.00 e. The van der Waals surface area contributed by atoms with Crippen LogP contribution in [0, 0.1) is 11.3 Å². The summed E-state index contributed by atoms with van der Waals surface area (Å²) in [5, 5.41) is 19.4. The van der Waals surface area contributed by atoms with Crippen molar-refractivity contribution in [2.45, 2.75) is 97.8 Å². The molecule has 0 spiro atoms. The summed E-state index contributed by atoms with van der Waals surface area (Å²) in [5.74, 6) is -2.58. The maximum atomic E-state index is 11.9. The van der Waals surface area contributed by atoms with Crippen molar-refractivity contribution in [2.24, 2.45) is 11.3 Å². The van der Waals surface area contributed by atoms with Crippen LogP contribution < -0.4 is 80.9 Å². The van der Waals surface area contributed by atoms with Gasteiger partial charge in [-0.05, 0) is 18.8 Å². The van der Waals surface area contributed by atoms with Crippen LogP contribution in [-0.2, 0) is 9.59 Å². The van der Waals surface area contributed by atoms with E-state index < -0.39 is 17.4 Å². The van der Waals surface area contributed by atoms with Gasteiger partial charge in [0.1, 0.15) is 0 Å². The number of hydrogen-bond donors (Lipinski definition) is 2. The summed E-state index contributed by atoms with van der Waals surface area (Å²) in [4.78, 5) is 23.8. The maximum absolute atomic E-state index is 11.9. The molecule has 0 heterocycles. The monoisotopic (exact) mass is 392 g/mol. The smallest absolute Gasteiger partial charge is 1.00 e. The molecule has 25 heavy (non-hydrogen) atoms. The molecule has 1 unspecified atom stereocenters. The van der Waals surface area contributed by atoms with Gasteiger partial charge < -0.3 is 13.1 Å². The van der Waals surface area contributed by atoms with Gasteiger partial charge in [0.15, 0.2) is 5.41 Å². The Labute approximate surface area is 222 Å². The van der Waals surface area contributed by atoms with Gasteiger partial charge in [0.25, 0.3) is 0 Å². The van der Waals surface area contributed by atoms with Crippen LogP contribution in [0.4, 0.5) is 0 Å². The predicted octanol–water partition coefficient (Wildman–Crippen LogP) is -0.268. The molecule has 0 radical (unpaired) electrons. The van der Waals surface area contributed by atoms with Gasteiger partial charge >= 0.3 is 92.9 Å². The van der Waals surface area contributed by atoms with Gasteiger partial charge in [-0.1, -0.05) is 85.0 Å². The van der Waals surface area contributed by atoms with Gasteiger partial charge in [-0.25, -0.2) is 0 Å². The summed E-state index contributed by atoms with van der Waals surface area (Å²) in [7, 11) is 0. The van der Waals surface area contributed by atoms with Crippen molar-refractivity contribution in [2.75, 3.05) is 0 Å². The van der Waals surface area contributed by atoms with Crippen molar-refractivity contribution < 1.29 is 104 Å². The zero-order valence-corrected chi connectivity index (χ0v) is 22.4. The summed E-state index contributed by atoms with van der Waals surface area (Å²) in [5.41, 5.74) is -1.60. The summed E-state index contributed by atoms with van der Waals surface area (Å²) in [6.45, 7) is 6.17. The number of rotatable bonds is 15. The van der Waals surface area contributed by atoms with Crippen molar-refractivity contribution >= 4 is 11.9 Å². The third-order valence-electron chi connectivity index (χ3n) is 5.03. The second-order valence-corrected chi connectivity index (χ2v) is 6.70. The molecule has 0 amide bonds. The molecule has 0 aromatic carbocycles. The van der Waals surface area contributed by atoms with E-state index in [0.29, 0.717) is 19.3 Å². The molecule has 6 heteroatoms. The average Bonchev–Trinajstić information content (AvgIpc) is 2.51. The fraction of sp³-hybridized carbons (Fsp3) is 0.895. The van der Waals surface area contributed by atoms with Crippen molar-refractivity contribution in [1.29, 1.82) is 0 Å². The van der Waals surface area contributed by atoms with Crippen LogP contribution in [0.1, 0.15) is 101 Å². The zero-order chi connectivity index (χ0) is 17.7. The number of carbonyl (C=O) groups is 2. The minimum absolute atomic E-state index is 0. The van der Waals surface area contributed by atoms with E-state index in [1.807, 2.05) is 6.92 Å². The van der Waals surface area contributed by atoms with E-state index in [2.05, 4.69) is 13.8 Å². The fourth-order valence-electron chi connectivity index (χ4n) is 3.48. The van der Waals surface area contributed by atoms with Crippen LogP contribution in [0.5, 0.6) is 0 Å². The van der Waals surface area contributed by atoms with E-state index in [4.69, 9.17) is 0 Å².